The predicted molar refractivity (Wildman–Crippen MR) is 73.3 cm³/mol. The summed E-state index contributed by atoms with van der Waals surface area (Å²) in [5, 5.41) is 0. The van der Waals surface area contributed by atoms with Crippen molar-refractivity contribution in [3.05, 3.63) is 57.8 Å². The molecule has 3 rings (SSSR count). The van der Waals surface area contributed by atoms with Gasteiger partial charge in [-0.3, -0.25) is 0 Å². The van der Waals surface area contributed by atoms with E-state index in [1.54, 1.807) is 0 Å². The fourth-order valence-corrected chi connectivity index (χ4v) is 3.57. The average Bonchev–Trinajstić information content (AvgIpc) is 3.07. The molecule has 0 bridgehead atoms. The van der Waals surface area contributed by atoms with Crippen molar-refractivity contribution in [3.63, 3.8) is 0 Å². The van der Waals surface area contributed by atoms with Crippen LogP contribution >= 0.6 is 11.3 Å². The molecule has 1 aromatic carbocycles. The summed E-state index contributed by atoms with van der Waals surface area (Å²) in [5.41, 5.74) is 8.10. The van der Waals surface area contributed by atoms with Crippen LogP contribution in [0.15, 0.2) is 42.5 Å². The normalized spacial score (nSPS) is 18.9. The molecule has 1 saturated carbocycles. The van der Waals surface area contributed by atoms with Gasteiger partial charge in [0, 0.05) is 21.2 Å². The van der Waals surface area contributed by atoms with Gasteiger partial charge in [0.1, 0.15) is 0 Å². The number of thiophene rings is 1. The SMILES string of the molecule is Cc1ccc(C(N)C2(c3ccccc3)CC2)s1. The molecule has 88 valence electrons. The molecular weight excluding hydrogens is 226 g/mol. The molecule has 0 aliphatic heterocycles. The molecule has 1 fully saturated rings. The third kappa shape index (κ3) is 1.81. The quantitative estimate of drug-likeness (QED) is 0.872. The molecule has 2 aromatic rings. The first kappa shape index (κ1) is 11.0. The van der Waals surface area contributed by atoms with Crippen LogP contribution in [0.4, 0.5) is 0 Å². The average molecular weight is 243 g/mol. The molecule has 2 heteroatoms. The Balaban J connectivity index is 1.94. The minimum Gasteiger partial charge on any atom is -0.323 e. The molecule has 1 atom stereocenters. The van der Waals surface area contributed by atoms with Crippen LogP contribution in [0.25, 0.3) is 0 Å². The van der Waals surface area contributed by atoms with E-state index in [2.05, 4.69) is 49.4 Å². The Morgan fingerprint density at radius 2 is 1.82 bits per heavy atom. The standard InChI is InChI=1S/C15H17NS/c1-11-7-8-13(17-11)14(16)15(9-10-15)12-5-3-2-4-6-12/h2-8,14H,9-10,16H2,1H3. The van der Waals surface area contributed by atoms with Crippen molar-refractivity contribution >= 4 is 11.3 Å². The van der Waals surface area contributed by atoms with Gasteiger partial charge in [0.05, 0.1) is 0 Å². The molecule has 1 aliphatic carbocycles. The Kier molecular flexibility index (Phi) is 2.57. The van der Waals surface area contributed by atoms with E-state index in [1.165, 1.54) is 28.2 Å². The highest BCUT2D eigenvalue weighted by Crippen LogP contribution is 2.56. The van der Waals surface area contributed by atoms with Crippen molar-refractivity contribution in [1.82, 2.24) is 0 Å². The van der Waals surface area contributed by atoms with Crippen LogP contribution in [0.2, 0.25) is 0 Å². The van der Waals surface area contributed by atoms with Crippen LogP contribution < -0.4 is 5.73 Å². The lowest BCUT2D eigenvalue weighted by atomic mass is 9.88. The largest absolute Gasteiger partial charge is 0.323 e. The van der Waals surface area contributed by atoms with Crippen molar-refractivity contribution in [2.75, 3.05) is 0 Å². The Morgan fingerprint density at radius 3 is 2.35 bits per heavy atom. The molecule has 0 saturated heterocycles. The lowest BCUT2D eigenvalue weighted by molar-refractivity contribution is 0.549. The molecule has 1 unspecified atom stereocenters. The first-order valence-electron chi connectivity index (χ1n) is 6.10. The number of hydrogen-bond donors (Lipinski definition) is 1. The summed E-state index contributed by atoms with van der Waals surface area (Å²) >= 11 is 1.83. The van der Waals surface area contributed by atoms with E-state index >= 15 is 0 Å². The highest BCUT2D eigenvalue weighted by molar-refractivity contribution is 7.12. The smallest absolute Gasteiger partial charge is 0.0488 e. The van der Waals surface area contributed by atoms with Crippen molar-refractivity contribution in [1.29, 1.82) is 0 Å². The summed E-state index contributed by atoms with van der Waals surface area (Å²) in [6.07, 6.45) is 2.43. The van der Waals surface area contributed by atoms with Crippen LogP contribution in [0.5, 0.6) is 0 Å². The first-order chi connectivity index (χ1) is 8.22. The van der Waals surface area contributed by atoms with Gasteiger partial charge in [0.25, 0.3) is 0 Å². The van der Waals surface area contributed by atoms with Crippen molar-refractivity contribution in [2.45, 2.75) is 31.2 Å². The lowest BCUT2D eigenvalue weighted by Gasteiger charge is -2.22. The molecule has 17 heavy (non-hydrogen) atoms. The Hall–Kier alpha value is -1.12. The van der Waals surface area contributed by atoms with E-state index in [0.717, 1.165) is 0 Å². The number of nitrogens with two attached hydrogens (primary N) is 1. The second-order valence-electron chi connectivity index (χ2n) is 4.95. The van der Waals surface area contributed by atoms with Gasteiger partial charge in [-0.05, 0) is 37.5 Å². The zero-order valence-corrected chi connectivity index (χ0v) is 10.8. The molecule has 0 amide bonds. The van der Waals surface area contributed by atoms with Crippen molar-refractivity contribution in [2.24, 2.45) is 5.73 Å². The molecule has 1 aromatic heterocycles. The van der Waals surface area contributed by atoms with E-state index in [4.69, 9.17) is 5.73 Å². The van der Waals surface area contributed by atoms with Crippen LogP contribution in [-0.2, 0) is 5.41 Å². The maximum atomic E-state index is 6.49. The van der Waals surface area contributed by atoms with E-state index < -0.39 is 0 Å². The third-order valence-electron chi connectivity index (χ3n) is 3.80. The van der Waals surface area contributed by atoms with Crippen LogP contribution in [0.1, 0.15) is 34.2 Å². The summed E-state index contributed by atoms with van der Waals surface area (Å²) < 4.78 is 0. The van der Waals surface area contributed by atoms with Crippen molar-refractivity contribution in [3.8, 4) is 0 Å². The topological polar surface area (TPSA) is 26.0 Å². The lowest BCUT2D eigenvalue weighted by Crippen LogP contribution is -2.25. The molecular formula is C15H17NS. The molecule has 0 radical (unpaired) electrons. The second kappa shape index (κ2) is 3.97. The van der Waals surface area contributed by atoms with Gasteiger partial charge in [0.2, 0.25) is 0 Å². The van der Waals surface area contributed by atoms with Gasteiger partial charge in [-0.1, -0.05) is 30.3 Å². The molecule has 1 heterocycles. The zero-order chi connectivity index (χ0) is 11.9. The van der Waals surface area contributed by atoms with E-state index in [1.807, 2.05) is 11.3 Å². The fraction of sp³-hybridized carbons (Fsp3) is 0.333. The molecule has 2 N–H and O–H groups in total. The Morgan fingerprint density at radius 1 is 1.12 bits per heavy atom. The number of benzene rings is 1. The highest BCUT2D eigenvalue weighted by Gasteiger charge is 2.50. The molecule has 1 aliphatic rings. The number of rotatable bonds is 3. The van der Waals surface area contributed by atoms with Crippen LogP contribution in [0, 0.1) is 6.92 Å². The molecule has 1 nitrogen and oxygen atoms in total. The molecule has 0 spiro atoms. The number of aryl methyl sites for hydroxylation is 1. The highest BCUT2D eigenvalue weighted by atomic mass is 32.1. The summed E-state index contributed by atoms with van der Waals surface area (Å²) in [7, 11) is 0. The van der Waals surface area contributed by atoms with Gasteiger partial charge in [-0.25, -0.2) is 0 Å². The van der Waals surface area contributed by atoms with Gasteiger partial charge in [-0.15, -0.1) is 11.3 Å². The Labute approximate surface area is 106 Å². The second-order valence-corrected chi connectivity index (χ2v) is 6.27. The van der Waals surface area contributed by atoms with Gasteiger partial charge < -0.3 is 5.73 Å². The van der Waals surface area contributed by atoms with Crippen molar-refractivity contribution < 1.29 is 0 Å². The summed E-state index contributed by atoms with van der Waals surface area (Å²) in [5.74, 6) is 0. The van der Waals surface area contributed by atoms with E-state index in [-0.39, 0.29) is 11.5 Å². The maximum Gasteiger partial charge on any atom is 0.0488 e. The predicted octanol–water partition coefficient (Wildman–Crippen LogP) is 3.79. The van der Waals surface area contributed by atoms with E-state index in [0.29, 0.717) is 0 Å². The minimum absolute atomic E-state index is 0.156. The maximum absolute atomic E-state index is 6.49. The Bertz CT molecular complexity index is 511. The van der Waals surface area contributed by atoms with Gasteiger partial charge in [0.15, 0.2) is 0 Å². The zero-order valence-electron chi connectivity index (χ0n) is 10.0. The summed E-state index contributed by atoms with van der Waals surface area (Å²) in [4.78, 5) is 2.67. The van der Waals surface area contributed by atoms with Gasteiger partial charge in [-0.2, -0.15) is 0 Å². The summed E-state index contributed by atoms with van der Waals surface area (Å²) in [6, 6.07) is 15.2. The van der Waals surface area contributed by atoms with Crippen LogP contribution in [-0.4, -0.2) is 0 Å². The van der Waals surface area contributed by atoms with E-state index in [9.17, 15) is 0 Å². The minimum atomic E-state index is 0.156. The van der Waals surface area contributed by atoms with Gasteiger partial charge >= 0.3 is 0 Å². The summed E-state index contributed by atoms with van der Waals surface area (Å²) in [6.45, 7) is 2.14. The number of hydrogen-bond acceptors (Lipinski definition) is 2. The fourth-order valence-electron chi connectivity index (χ4n) is 2.58. The van der Waals surface area contributed by atoms with Crippen LogP contribution in [0.3, 0.4) is 0 Å². The third-order valence-corrected chi connectivity index (χ3v) is 4.88. The monoisotopic (exact) mass is 243 g/mol. The first-order valence-corrected chi connectivity index (χ1v) is 6.91.